The van der Waals surface area contributed by atoms with E-state index in [1.807, 2.05) is 31.2 Å². The number of carboxylic acids is 1. The van der Waals surface area contributed by atoms with Crippen LogP contribution in [0.2, 0.25) is 0 Å². The third kappa shape index (κ3) is 5.98. The van der Waals surface area contributed by atoms with Crippen molar-refractivity contribution < 1.29 is 24.3 Å². The van der Waals surface area contributed by atoms with Crippen LogP contribution < -0.4 is 9.47 Å². The van der Waals surface area contributed by atoms with Crippen molar-refractivity contribution in [3.05, 3.63) is 92.9 Å². The number of H-pyrrole nitrogens is 1. The van der Waals surface area contributed by atoms with Gasteiger partial charge in [-0.1, -0.05) is 18.2 Å². The average Bonchev–Trinajstić information content (AvgIpc) is 3.26. The van der Waals surface area contributed by atoms with E-state index in [1.165, 1.54) is 12.1 Å². The molecule has 3 aromatic carbocycles. The van der Waals surface area contributed by atoms with Gasteiger partial charge in [0.25, 0.3) is 5.69 Å². The van der Waals surface area contributed by atoms with Crippen molar-refractivity contribution >= 4 is 40.5 Å². The molecule has 0 saturated heterocycles. The molecule has 0 spiro atoms. The van der Waals surface area contributed by atoms with Gasteiger partial charge in [-0.15, -0.1) is 0 Å². The van der Waals surface area contributed by atoms with Gasteiger partial charge in [-0.25, -0.2) is 9.78 Å². The average molecular weight is 492 g/mol. The second kappa shape index (κ2) is 10.7. The lowest BCUT2D eigenvalue weighted by Crippen LogP contribution is -2.01. The molecular formula is C25H21N3O6S. The molecule has 35 heavy (non-hydrogen) atoms. The Morgan fingerprint density at radius 1 is 1.11 bits per heavy atom. The number of hydrogen-bond acceptors (Lipinski definition) is 7. The first-order valence-electron chi connectivity index (χ1n) is 10.6. The Labute approximate surface area is 204 Å². The molecule has 0 aliphatic rings. The maximum absolute atomic E-state index is 11.9. The lowest BCUT2D eigenvalue weighted by molar-refractivity contribution is -0.384. The first kappa shape index (κ1) is 23.8. The molecule has 4 rings (SSSR count). The maximum Gasteiger partial charge on any atom is 0.342 e. The highest BCUT2D eigenvalue weighted by Crippen LogP contribution is 2.33. The molecule has 4 aromatic rings. The van der Waals surface area contributed by atoms with Gasteiger partial charge in [0.15, 0.2) is 16.7 Å². The summed E-state index contributed by atoms with van der Waals surface area (Å²) in [7, 11) is 0. The van der Waals surface area contributed by atoms with E-state index in [4.69, 9.17) is 9.47 Å². The number of hydrogen-bond donors (Lipinski definition) is 2. The van der Waals surface area contributed by atoms with Gasteiger partial charge >= 0.3 is 5.97 Å². The molecule has 2 N–H and O–H groups in total. The summed E-state index contributed by atoms with van der Waals surface area (Å²) in [6.07, 6.45) is 1.54. The number of aromatic nitrogens is 2. The summed E-state index contributed by atoms with van der Waals surface area (Å²) in [4.78, 5) is 29.9. The van der Waals surface area contributed by atoms with E-state index in [1.54, 1.807) is 36.4 Å². The molecule has 0 radical (unpaired) electrons. The van der Waals surface area contributed by atoms with Gasteiger partial charge < -0.3 is 19.6 Å². The van der Waals surface area contributed by atoms with Crippen LogP contribution in [-0.4, -0.2) is 32.6 Å². The second-order valence-corrected chi connectivity index (χ2v) is 8.36. The minimum absolute atomic E-state index is 0.00893. The molecule has 1 aromatic heterocycles. The molecule has 10 heteroatoms. The number of para-hydroxylation sites is 2. The largest absolute Gasteiger partial charge is 0.490 e. The predicted octanol–water partition coefficient (Wildman–Crippen LogP) is 5.67. The van der Waals surface area contributed by atoms with Crippen molar-refractivity contribution in [2.75, 3.05) is 6.61 Å². The number of ether oxygens (including phenoxy) is 2. The number of imidazole rings is 1. The standard InChI is InChI=1S/C25H21N3O6S/c1-2-33-22-13-17(9-12-21(22)34-15-16-7-10-18(11-8-16)28(31)32)14-23(24(29)30)35-25-26-19-5-3-4-6-20(19)27-25/h3-14H,2,15H2,1H3,(H,26,27)(H,29,30)/b23-14-. The van der Waals surface area contributed by atoms with E-state index in [2.05, 4.69) is 9.97 Å². The van der Waals surface area contributed by atoms with E-state index >= 15 is 0 Å². The van der Waals surface area contributed by atoms with Crippen LogP contribution in [0.1, 0.15) is 18.1 Å². The molecule has 0 fully saturated rings. The molecule has 9 nitrogen and oxygen atoms in total. The van der Waals surface area contributed by atoms with Crippen molar-refractivity contribution in [1.82, 2.24) is 9.97 Å². The maximum atomic E-state index is 11.9. The summed E-state index contributed by atoms with van der Waals surface area (Å²) in [5.41, 5.74) is 2.98. The van der Waals surface area contributed by atoms with E-state index in [-0.39, 0.29) is 17.2 Å². The third-order valence-electron chi connectivity index (χ3n) is 4.89. The van der Waals surface area contributed by atoms with E-state index in [0.29, 0.717) is 28.8 Å². The van der Waals surface area contributed by atoms with Crippen LogP contribution in [0.5, 0.6) is 11.5 Å². The van der Waals surface area contributed by atoms with Crippen LogP contribution in [0.25, 0.3) is 17.1 Å². The number of fused-ring (bicyclic) bond motifs is 1. The summed E-state index contributed by atoms with van der Waals surface area (Å²) < 4.78 is 11.6. The van der Waals surface area contributed by atoms with Gasteiger partial charge in [-0.3, -0.25) is 10.1 Å². The van der Waals surface area contributed by atoms with Gasteiger partial charge in [0.1, 0.15) is 11.5 Å². The number of carboxylic acid groups (broad SMARTS) is 1. The number of carbonyl (C=O) groups is 1. The number of thioether (sulfide) groups is 1. The molecular weight excluding hydrogens is 470 g/mol. The summed E-state index contributed by atoms with van der Waals surface area (Å²) in [6.45, 7) is 2.42. The number of nitrogens with one attached hydrogen (secondary N) is 1. The molecule has 0 saturated carbocycles. The minimum atomic E-state index is -1.08. The number of rotatable bonds is 10. The van der Waals surface area contributed by atoms with E-state index in [0.717, 1.165) is 28.4 Å². The van der Waals surface area contributed by atoms with Crippen LogP contribution in [0, 0.1) is 10.1 Å². The Balaban J connectivity index is 1.53. The topological polar surface area (TPSA) is 128 Å². The Bertz CT molecular complexity index is 1370. The molecule has 0 bridgehead atoms. The number of nitro benzene ring substituents is 1. The summed E-state index contributed by atoms with van der Waals surface area (Å²) >= 11 is 1.03. The third-order valence-corrected chi connectivity index (χ3v) is 5.79. The van der Waals surface area contributed by atoms with Crippen LogP contribution in [-0.2, 0) is 11.4 Å². The number of nitrogens with zero attached hydrogens (tertiary/aromatic N) is 2. The van der Waals surface area contributed by atoms with Gasteiger partial charge in [-0.2, -0.15) is 0 Å². The van der Waals surface area contributed by atoms with Crippen LogP contribution in [0.3, 0.4) is 0 Å². The predicted molar refractivity (Wildman–Crippen MR) is 133 cm³/mol. The number of benzene rings is 3. The van der Waals surface area contributed by atoms with Crippen molar-refractivity contribution in [3.63, 3.8) is 0 Å². The molecule has 0 aliphatic carbocycles. The summed E-state index contributed by atoms with van der Waals surface area (Å²) in [5, 5.41) is 21.0. The molecule has 0 unspecified atom stereocenters. The zero-order chi connectivity index (χ0) is 24.8. The summed E-state index contributed by atoms with van der Waals surface area (Å²) in [6, 6.07) is 18.7. The Morgan fingerprint density at radius 3 is 2.57 bits per heavy atom. The van der Waals surface area contributed by atoms with Crippen molar-refractivity contribution in [1.29, 1.82) is 0 Å². The summed E-state index contributed by atoms with van der Waals surface area (Å²) in [5.74, 6) is -0.141. The van der Waals surface area contributed by atoms with Gasteiger partial charge in [0.05, 0.1) is 22.6 Å². The first-order valence-corrected chi connectivity index (χ1v) is 11.4. The Morgan fingerprint density at radius 2 is 1.89 bits per heavy atom. The fourth-order valence-electron chi connectivity index (χ4n) is 3.25. The monoisotopic (exact) mass is 491 g/mol. The fraction of sp³-hybridized carbons (Fsp3) is 0.120. The van der Waals surface area contributed by atoms with Crippen molar-refractivity contribution in [2.24, 2.45) is 0 Å². The second-order valence-electron chi connectivity index (χ2n) is 7.33. The molecule has 1 heterocycles. The van der Waals surface area contributed by atoms with Gasteiger partial charge in [0, 0.05) is 12.1 Å². The van der Waals surface area contributed by atoms with E-state index < -0.39 is 10.9 Å². The number of nitro groups is 1. The Hall–Kier alpha value is -4.31. The van der Waals surface area contributed by atoms with Crippen molar-refractivity contribution in [3.8, 4) is 11.5 Å². The van der Waals surface area contributed by atoms with Crippen LogP contribution >= 0.6 is 11.8 Å². The van der Waals surface area contributed by atoms with Crippen molar-refractivity contribution in [2.45, 2.75) is 18.7 Å². The number of aromatic amines is 1. The van der Waals surface area contributed by atoms with E-state index in [9.17, 15) is 20.0 Å². The number of aliphatic carboxylic acids is 1. The minimum Gasteiger partial charge on any atom is -0.490 e. The Kier molecular flexibility index (Phi) is 7.32. The zero-order valence-electron chi connectivity index (χ0n) is 18.6. The molecule has 0 atom stereocenters. The molecule has 0 amide bonds. The molecule has 0 aliphatic heterocycles. The SMILES string of the molecule is CCOc1cc(/C=C(\Sc2nc3ccccc3[nH]2)C(=O)O)ccc1OCc1ccc([N+](=O)[O-])cc1. The molecule has 178 valence electrons. The van der Waals surface area contributed by atoms with Gasteiger partial charge in [0.2, 0.25) is 0 Å². The van der Waals surface area contributed by atoms with Gasteiger partial charge in [-0.05, 0) is 72.3 Å². The quantitative estimate of drug-likeness (QED) is 0.126. The van der Waals surface area contributed by atoms with Crippen LogP contribution in [0.15, 0.2) is 76.8 Å². The normalized spacial score (nSPS) is 11.4. The lowest BCUT2D eigenvalue weighted by atomic mass is 10.2. The zero-order valence-corrected chi connectivity index (χ0v) is 19.5. The highest BCUT2D eigenvalue weighted by atomic mass is 32.2. The smallest absolute Gasteiger partial charge is 0.342 e. The lowest BCUT2D eigenvalue weighted by Gasteiger charge is -2.13. The highest BCUT2D eigenvalue weighted by molar-refractivity contribution is 8.04. The number of non-ortho nitro benzene ring substituents is 1. The van der Waals surface area contributed by atoms with Crippen LogP contribution in [0.4, 0.5) is 5.69 Å². The fourth-order valence-corrected chi connectivity index (χ4v) is 4.04. The highest BCUT2D eigenvalue weighted by Gasteiger charge is 2.14. The first-order chi connectivity index (χ1) is 16.9.